The molecule has 130 valence electrons. The lowest BCUT2D eigenvalue weighted by Gasteiger charge is -2.50. The van der Waals surface area contributed by atoms with Crippen LogP contribution in [-0.4, -0.2) is 18.6 Å². The maximum atomic E-state index is 11.7. The molecule has 0 amide bonds. The summed E-state index contributed by atoms with van der Waals surface area (Å²) >= 11 is 0. The van der Waals surface area contributed by atoms with Crippen LogP contribution in [0.25, 0.3) is 0 Å². The number of ether oxygens (including phenoxy) is 1. The van der Waals surface area contributed by atoms with Gasteiger partial charge in [0.15, 0.2) is 0 Å². The lowest BCUT2D eigenvalue weighted by atomic mass is 9.55. The van der Waals surface area contributed by atoms with Crippen LogP contribution in [0.2, 0.25) is 0 Å². The summed E-state index contributed by atoms with van der Waals surface area (Å²) in [5, 5.41) is 0. The average Bonchev–Trinajstić information content (AvgIpc) is 2.90. The highest BCUT2D eigenvalue weighted by atomic mass is 16.5. The third-order valence-corrected chi connectivity index (χ3v) is 7.24. The topological polar surface area (TPSA) is 52.3 Å². The van der Waals surface area contributed by atoms with Crippen molar-refractivity contribution in [1.82, 2.24) is 0 Å². The van der Waals surface area contributed by atoms with E-state index in [9.17, 15) is 4.79 Å². The number of carbonyl (C=O) groups excluding carboxylic acids is 1. The summed E-state index contributed by atoms with van der Waals surface area (Å²) < 4.78 is 5.73. The minimum atomic E-state index is -0.242. The van der Waals surface area contributed by atoms with Gasteiger partial charge in [0.2, 0.25) is 0 Å². The lowest BCUT2D eigenvalue weighted by molar-refractivity contribution is -0.155. The van der Waals surface area contributed by atoms with Crippen molar-refractivity contribution < 1.29 is 9.53 Å². The molecule has 2 N–H and O–H groups in total. The molecule has 0 bridgehead atoms. The van der Waals surface area contributed by atoms with E-state index in [1.807, 2.05) is 0 Å². The van der Waals surface area contributed by atoms with E-state index >= 15 is 0 Å². The Morgan fingerprint density at radius 3 is 2.92 bits per heavy atom. The van der Waals surface area contributed by atoms with Gasteiger partial charge in [0.05, 0.1) is 6.54 Å². The molecule has 0 radical (unpaired) electrons. The predicted octanol–water partition coefficient (Wildman–Crippen LogP) is 3.72. The number of esters is 1. The zero-order valence-corrected chi connectivity index (χ0v) is 14.9. The molecule has 0 heterocycles. The normalized spacial score (nSPS) is 37.3. The van der Waals surface area contributed by atoms with Crippen LogP contribution in [0, 0.1) is 24.2 Å². The first-order valence-corrected chi connectivity index (χ1v) is 9.52. The van der Waals surface area contributed by atoms with Crippen LogP contribution in [0.3, 0.4) is 0 Å². The Balaban J connectivity index is 1.60. The van der Waals surface area contributed by atoms with Crippen molar-refractivity contribution in [3.05, 3.63) is 34.9 Å². The number of rotatable bonds is 2. The molecule has 3 heteroatoms. The van der Waals surface area contributed by atoms with Crippen LogP contribution in [0.15, 0.2) is 18.2 Å². The van der Waals surface area contributed by atoms with Crippen molar-refractivity contribution in [1.29, 1.82) is 0 Å². The summed E-state index contributed by atoms with van der Waals surface area (Å²) in [6, 6.07) is 7.04. The standard InChI is InChI=1S/C21H29NO2/c1-13-3-5-15-14(11-13)4-6-17-16(15)9-10-21(2)18(17)7-8-19(21)24-20(23)12-22/h3,5,11,16-19H,4,6-10,12,22H2,1-2H3/t16?,17?,18?,19-,21-/m0/s1. The Labute approximate surface area is 145 Å². The van der Waals surface area contributed by atoms with E-state index in [4.69, 9.17) is 10.5 Å². The van der Waals surface area contributed by atoms with Gasteiger partial charge in [-0.1, -0.05) is 30.7 Å². The largest absolute Gasteiger partial charge is 0.461 e. The second kappa shape index (κ2) is 5.87. The van der Waals surface area contributed by atoms with E-state index in [1.54, 1.807) is 11.1 Å². The highest BCUT2D eigenvalue weighted by molar-refractivity contribution is 5.71. The molecule has 3 nitrogen and oxygen atoms in total. The quantitative estimate of drug-likeness (QED) is 0.842. The Morgan fingerprint density at radius 2 is 2.12 bits per heavy atom. The summed E-state index contributed by atoms with van der Waals surface area (Å²) in [6.45, 7) is 4.55. The van der Waals surface area contributed by atoms with E-state index in [0.29, 0.717) is 11.8 Å². The highest BCUT2D eigenvalue weighted by Gasteiger charge is 2.56. The summed E-state index contributed by atoms with van der Waals surface area (Å²) in [5.74, 6) is 1.90. The van der Waals surface area contributed by atoms with Crippen LogP contribution < -0.4 is 5.73 Å². The third-order valence-electron chi connectivity index (χ3n) is 7.24. The van der Waals surface area contributed by atoms with E-state index in [1.165, 1.54) is 31.2 Å². The molecule has 0 spiro atoms. The number of carbonyl (C=O) groups is 1. The molecule has 0 aliphatic heterocycles. The lowest BCUT2D eigenvalue weighted by Crippen LogP contribution is -2.45. The smallest absolute Gasteiger partial charge is 0.319 e. The minimum Gasteiger partial charge on any atom is -0.461 e. The van der Waals surface area contributed by atoms with Gasteiger partial charge in [0, 0.05) is 5.41 Å². The molecule has 5 atom stereocenters. The Kier molecular flexibility index (Phi) is 3.95. The second-order valence-corrected chi connectivity index (χ2v) is 8.42. The van der Waals surface area contributed by atoms with Crippen LogP contribution in [0.1, 0.15) is 61.6 Å². The van der Waals surface area contributed by atoms with Crippen LogP contribution >= 0.6 is 0 Å². The fourth-order valence-corrected chi connectivity index (χ4v) is 6.06. The van der Waals surface area contributed by atoms with E-state index in [-0.39, 0.29) is 24.0 Å². The van der Waals surface area contributed by atoms with Crippen LogP contribution in [-0.2, 0) is 16.0 Å². The number of fused-ring (bicyclic) bond motifs is 5. The molecule has 24 heavy (non-hydrogen) atoms. The van der Waals surface area contributed by atoms with Gasteiger partial charge < -0.3 is 10.5 Å². The monoisotopic (exact) mass is 327 g/mol. The first kappa shape index (κ1) is 16.1. The Hall–Kier alpha value is -1.35. The molecule has 0 aromatic heterocycles. The van der Waals surface area contributed by atoms with Crippen molar-refractivity contribution in [3.8, 4) is 0 Å². The van der Waals surface area contributed by atoms with Crippen LogP contribution in [0.5, 0.6) is 0 Å². The first-order valence-electron chi connectivity index (χ1n) is 9.52. The van der Waals surface area contributed by atoms with Gasteiger partial charge in [0.1, 0.15) is 6.10 Å². The van der Waals surface area contributed by atoms with Gasteiger partial charge in [-0.25, -0.2) is 0 Å². The maximum Gasteiger partial charge on any atom is 0.319 e. The molecular formula is C21H29NO2. The first-order chi connectivity index (χ1) is 11.5. The zero-order chi connectivity index (χ0) is 16.9. The van der Waals surface area contributed by atoms with Gasteiger partial charge >= 0.3 is 5.97 Å². The number of hydrogen-bond acceptors (Lipinski definition) is 3. The number of nitrogens with two attached hydrogens (primary N) is 1. The van der Waals surface area contributed by atoms with Crippen molar-refractivity contribution in [2.24, 2.45) is 23.0 Å². The zero-order valence-electron chi connectivity index (χ0n) is 14.9. The van der Waals surface area contributed by atoms with E-state index < -0.39 is 0 Å². The molecule has 3 aliphatic carbocycles. The number of hydrogen-bond donors (Lipinski definition) is 1. The molecule has 4 rings (SSSR count). The third kappa shape index (κ3) is 2.40. The molecule has 3 aliphatic rings. The molecule has 0 saturated heterocycles. The van der Waals surface area contributed by atoms with Crippen molar-refractivity contribution in [3.63, 3.8) is 0 Å². The van der Waals surface area contributed by atoms with Gasteiger partial charge in [-0.3, -0.25) is 4.79 Å². The molecule has 1 aromatic carbocycles. The minimum absolute atomic E-state index is 0.00394. The van der Waals surface area contributed by atoms with Gasteiger partial charge in [-0.15, -0.1) is 0 Å². The molecular weight excluding hydrogens is 298 g/mol. The maximum absolute atomic E-state index is 11.7. The van der Waals surface area contributed by atoms with Crippen LogP contribution in [0.4, 0.5) is 0 Å². The van der Waals surface area contributed by atoms with Gasteiger partial charge in [0.25, 0.3) is 0 Å². The predicted molar refractivity (Wildman–Crippen MR) is 94.7 cm³/mol. The van der Waals surface area contributed by atoms with E-state index in [0.717, 1.165) is 18.8 Å². The SMILES string of the molecule is Cc1ccc2c(c1)CCC1C2CC[C@@]2(C)C1CC[C@@H]2OC(=O)CN. The Morgan fingerprint density at radius 1 is 1.29 bits per heavy atom. The van der Waals surface area contributed by atoms with Crippen molar-refractivity contribution in [2.45, 2.75) is 64.4 Å². The van der Waals surface area contributed by atoms with Crippen molar-refractivity contribution in [2.75, 3.05) is 6.54 Å². The fourth-order valence-electron chi connectivity index (χ4n) is 6.06. The number of benzene rings is 1. The summed E-state index contributed by atoms with van der Waals surface area (Å²) in [6.07, 6.45) is 7.16. The van der Waals surface area contributed by atoms with Crippen molar-refractivity contribution >= 4 is 5.97 Å². The second-order valence-electron chi connectivity index (χ2n) is 8.42. The summed E-state index contributed by atoms with van der Waals surface area (Å²) in [5.41, 5.74) is 10.2. The van der Waals surface area contributed by atoms with Gasteiger partial charge in [-0.2, -0.15) is 0 Å². The molecule has 3 unspecified atom stereocenters. The number of aryl methyl sites for hydroxylation is 2. The molecule has 2 fully saturated rings. The van der Waals surface area contributed by atoms with Gasteiger partial charge in [-0.05, 0) is 74.3 Å². The fraction of sp³-hybridized carbons (Fsp3) is 0.667. The average molecular weight is 327 g/mol. The molecule has 1 aromatic rings. The summed E-state index contributed by atoms with van der Waals surface area (Å²) in [4.78, 5) is 11.7. The highest BCUT2D eigenvalue weighted by Crippen LogP contribution is 2.61. The summed E-state index contributed by atoms with van der Waals surface area (Å²) in [7, 11) is 0. The Bertz CT molecular complexity index is 655. The van der Waals surface area contributed by atoms with E-state index in [2.05, 4.69) is 32.0 Å². The molecule has 2 saturated carbocycles.